The van der Waals surface area contributed by atoms with Crippen molar-refractivity contribution in [2.45, 2.75) is 13.5 Å². The summed E-state index contributed by atoms with van der Waals surface area (Å²) in [6, 6.07) is 20.4. The van der Waals surface area contributed by atoms with E-state index >= 15 is 0 Å². The second-order valence-electron chi connectivity index (χ2n) is 6.31. The van der Waals surface area contributed by atoms with Gasteiger partial charge in [0, 0.05) is 30.5 Å². The van der Waals surface area contributed by atoms with E-state index in [-0.39, 0.29) is 5.91 Å². The molecule has 0 atom stereocenters. The number of amides is 1. The molecule has 25 heavy (non-hydrogen) atoms. The largest absolute Gasteiger partial charge is 0.349 e. The highest BCUT2D eigenvalue weighted by Crippen LogP contribution is 2.21. The maximum absolute atomic E-state index is 12.7. The van der Waals surface area contributed by atoms with Gasteiger partial charge < -0.3 is 14.8 Å². The molecule has 0 aliphatic rings. The minimum atomic E-state index is -0.0170. The Balaban J connectivity index is 1.86. The van der Waals surface area contributed by atoms with E-state index in [0.29, 0.717) is 18.8 Å². The van der Waals surface area contributed by atoms with Gasteiger partial charge in [-0.3, -0.25) is 4.79 Å². The molecular weight excluding hydrogens is 310 g/mol. The number of para-hydroxylation sites is 1. The molecule has 0 bridgehead atoms. The molecule has 1 amide bonds. The van der Waals surface area contributed by atoms with Crippen molar-refractivity contribution in [1.82, 2.24) is 14.8 Å². The van der Waals surface area contributed by atoms with Crippen LogP contribution in [0, 0.1) is 0 Å². The van der Waals surface area contributed by atoms with Crippen LogP contribution in [-0.2, 0) is 6.54 Å². The Kier molecular flexibility index (Phi) is 5.51. The Morgan fingerprint density at radius 1 is 1.08 bits per heavy atom. The number of fused-ring (bicyclic) bond motifs is 1. The normalized spacial score (nSPS) is 11.2. The first-order valence-corrected chi connectivity index (χ1v) is 8.78. The maximum atomic E-state index is 12.7. The van der Waals surface area contributed by atoms with E-state index in [1.54, 1.807) is 0 Å². The Bertz CT molecular complexity index is 839. The van der Waals surface area contributed by atoms with Crippen LogP contribution in [0.2, 0.25) is 0 Å². The number of nitrogens with one attached hydrogen (secondary N) is 1. The quantitative estimate of drug-likeness (QED) is 0.719. The van der Waals surface area contributed by atoms with Gasteiger partial charge in [0.05, 0.1) is 0 Å². The van der Waals surface area contributed by atoms with Crippen molar-refractivity contribution in [3.8, 4) is 0 Å². The number of rotatable bonds is 7. The summed E-state index contributed by atoms with van der Waals surface area (Å²) in [5, 5.41) is 4.14. The third-order valence-electron chi connectivity index (χ3n) is 4.55. The van der Waals surface area contributed by atoms with E-state index in [0.717, 1.165) is 24.0 Å². The van der Waals surface area contributed by atoms with Crippen molar-refractivity contribution >= 4 is 16.8 Å². The molecular formula is C21H25N3O. The molecule has 0 saturated heterocycles. The predicted octanol–water partition coefficient (Wildman–Crippen LogP) is 3.37. The first-order valence-electron chi connectivity index (χ1n) is 8.78. The predicted molar refractivity (Wildman–Crippen MR) is 103 cm³/mol. The highest BCUT2D eigenvalue weighted by atomic mass is 16.1. The van der Waals surface area contributed by atoms with E-state index in [1.165, 1.54) is 5.56 Å². The third-order valence-corrected chi connectivity index (χ3v) is 4.55. The zero-order chi connectivity index (χ0) is 17.6. The SMILES string of the molecule is CCN(C)CCNC(=O)c1cc2ccccc2n1Cc1ccccc1. The molecule has 3 aromatic rings. The molecule has 4 nitrogen and oxygen atoms in total. The molecule has 0 spiro atoms. The highest BCUT2D eigenvalue weighted by Gasteiger charge is 2.15. The molecule has 0 aliphatic heterocycles. The van der Waals surface area contributed by atoms with Crippen LogP contribution in [0.25, 0.3) is 10.9 Å². The van der Waals surface area contributed by atoms with Crippen molar-refractivity contribution in [2.75, 3.05) is 26.7 Å². The van der Waals surface area contributed by atoms with Gasteiger partial charge in [0.25, 0.3) is 5.91 Å². The van der Waals surface area contributed by atoms with Crippen LogP contribution in [0.1, 0.15) is 23.0 Å². The number of carbonyl (C=O) groups is 1. The molecule has 1 N–H and O–H groups in total. The summed E-state index contributed by atoms with van der Waals surface area (Å²) in [5.41, 5.74) is 2.98. The van der Waals surface area contributed by atoms with E-state index in [4.69, 9.17) is 0 Å². The fourth-order valence-electron chi connectivity index (χ4n) is 2.94. The summed E-state index contributed by atoms with van der Waals surface area (Å²) in [7, 11) is 2.05. The van der Waals surface area contributed by atoms with Crippen molar-refractivity contribution in [3.63, 3.8) is 0 Å². The van der Waals surface area contributed by atoms with Gasteiger partial charge in [-0.25, -0.2) is 0 Å². The summed E-state index contributed by atoms with van der Waals surface area (Å²) in [6.45, 7) is 5.27. The summed E-state index contributed by atoms with van der Waals surface area (Å²) >= 11 is 0. The first kappa shape index (κ1) is 17.2. The molecule has 1 heterocycles. The minimum absolute atomic E-state index is 0.0170. The summed E-state index contributed by atoms with van der Waals surface area (Å²) in [5.74, 6) is -0.0170. The van der Waals surface area contributed by atoms with Crippen LogP contribution in [0.3, 0.4) is 0 Å². The number of nitrogens with zero attached hydrogens (tertiary/aromatic N) is 2. The monoisotopic (exact) mass is 335 g/mol. The Hall–Kier alpha value is -2.59. The second-order valence-corrected chi connectivity index (χ2v) is 6.31. The fourth-order valence-corrected chi connectivity index (χ4v) is 2.94. The fraction of sp³-hybridized carbons (Fsp3) is 0.286. The van der Waals surface area contributed by atoms with E-state index in [2.05, 4.69) is 53.0 Å². The second kappa shape index (κ2) is 7.99. The van der Waals surface area contributed by atoms with Crippen LogP contribution in [0.5, 0.6) is 0 Å². The lowest BCUT2D eigenvalue weighted by Crippen LogP contribution is -2.33. The van der Waals surface area contributed by atoms with E-state index in [1.807, 2.05) is 36.4 Å². The average Bonchev–Trinajstić information content (AvgIpc) is 3.01. The van der Waals surface area contributed by atoms with Gasteiger partial charge in [0.15, 0.2) is 0 Å². The molecule has 0 unspecified atom stereocenters. The average molecular weight is 335 g/mol. The van der Waals surface area contributed by atoms with Gasteiger partial charge in [-0.15, -0.1) is 0 Å². The Labute approximate surface area is 149 Å². The topological polar surface area (TPSA) is 37.3 Å². The maximum Gasteiger partial charge on any atom is 0.267 e. The van der Waals surface area contributed by atoms with Gasteiger partial charge in [0.2, 0.25) is 0 Å². The number of hydrogen-bond donors (Lipinski definition) is 1. The van der Waals surface area contributed by atoms with Crippen LogP contribution >= 0.6 is 0 Å². The van der Waals surface area contributed by atoms with Crippen molar-refractivity contribution in [3.05, 3.63) is 71.9 Å². The molecule has 0 radical (unpaired) electrons. The lowest BCUT2D eigenvalue weighted by Gasteiger charge is -2.15. The van der Waals surface area contributed by atoms with Crippen LogP contribution < -0.4 is 5.32 Å². The molecule has 0 fully saturated rings. The van der Waals surface area contributed by atoms with E-state index in [9.17, 15) is 4.79 Å². The number of aromatic nitrogens is 1. The number of carbonyl (C=O) groups excluding carboxylic acids is 1. The first-order chi connectivity index (χ1) is 12.2. The van der Waals surface area contributed by atoms with Gasteiger partial charge in [0.1, 0.15) is 5.69 Å². The van der Waals surface area contributed by atoms with Crippen molar-refractivity contribution in [2.24, 2.45) is 0 Å². The molecule has 0 aliphatic carbocycles. The Morgan fingerprint density at radius 2 is 1.80 bits per heavy atom. The smallest absolute Gasteiger partial charge is 0.267 e. The lowest BCUT2D eigenvalue weighted by molar-refractivity contribution is 0.0941. The van der Waals surface area contributed by atoms with Gasteiger partial charge in [-0.1, -0.05) is 55.5 Å². The number of benzene rings is 2. The standard InChI is InChI=1S/C21H25N3O/c1-3-23(2)14-13-22-21(25)20-15-18-11-7-8-12-19(18)24(20)16-17-9-5-4-6-10-17/h4-12,15H,3,13-14,16H2,1-2H3,(H,22,25). The zero-order valence-corrected chi connectivity index (χ0v) is 14.9. The van der Waals surface area contributed by atoms with Gasteiger partial charge in [-0.2, -0.15) is 0 Å². The number of likely N-dealkylation sites (N-methyl/N-ethyl adjacent to an activating group) is 1. The molecule has 4 heteroatoms. The van der Waals surface area contributed by atoms with E-state index < -0.39 is 0 Å². The zero-order valence-electron chi connectivity index (χ0n) is 14.9. The third kappa shape index (κ3) is 4.09. The minimum Gasteiger partial charge on any atom is -0.349 e. The molecule has 0 saturated carbocycles. The highest BCUT2D eigenvalue weighted by molar-refractivity contribution is 5.98. The van der Waals surface area contributed by atoms with Gasteiger partial charge in [-0.05, 0) is 31.3 Å². The van der Waals surface area contributed by atoms with Gasteiger partial charge >= 0.3 is 0 Å². The summed E-state index contributed by atoms with van der Waals surface area (Å²) in [4.78, 5) is 14.9. The van der Waals surface area contributed by atoms with Crippen LogP contribution in [-0.4, -0.2) is 42.1 Å². The number of hydrogen-bond acceptors (Lipinski definition) is 2. The van der Waals surface area contributed by atoms with Crippen molar-refractivity contribution < 1.29 is 4.79 Å². The summed E-state index contributed by atoms with van der Waals surface area (Å²) < 4.78 is 2.10. The summed E-state index contributed by atoms with van der Waals surface area (Å²) in [6.07, 6.45) is 0. The molecule has 2 aromatic carbocycles. The van der Waals surface area contributed by atoms with Crippen molar-refractivity contribution in [1.29, 1.82) is 0 Å². The molecule has 1 aromatic heterocycles. The Morgan fingerprint density at radius 3 is 2.56 bits per heavy atom. The lowest BCUT2D eigenvalue weighted by atomic mass is 10.2. The molecule has 130 valence electrons. The molecule has 3 rings (SSSR count). The van der Waals surface area contributed by atoms with Crippen LogP contribution in [0.15, 0.2) is 60.7 Å². The van der Waals surface area contributed by atoms with Crippen LogP contribution in [0.4, 0.5) is 0 Å².